The fourth-order valence-electron chi connectivity index (χ4n) is 3.91. The first-order valence-corrected chi connectivity index (χ1v) is 8.08. The van der Waals surface area contributed by atoms with Crippen molar-refractivity contribution >= 4 is 0 Å². The number of likely N-dealkylation sites (N-methyl/N-ethyl adjacent to an activating group) is 1. The van der Waals surface area contributed by atoms with E-state index in [4.69, 9.17) is 4.74 Å². The van der Waals surface area contributed by atoms with Crippen LogP contribution in [0.4, 0.5) is 0 Å². The average molecular weight is 268 g/mol. The van der Waals surface area contributed by atoms with Crippen LogP contribution in [0.1, 0.15) is 52.9 Å². The SMILES string of the molecule is CCOC1CCCN(C2CC(C)(C)CCC2NC)C1. The first-order valence-electron chi connectivity index (χ1n) is 8.08. The van der Waals surface area contributed by atoms with Gasteiger partial charge in [-0.3, -0.25) is 4.90 Å². The van der Waals surface area contributed by atoms with Crippen LogP contribution in [0.2, 0.25) is 0 Å². The lowest BCUT2D eigenvalue weighted by Crippen LogP contribution is -2.57. The Kier molecular flexibility index (Phi) is 5.27. The Labute approximate surface area is 119 Å². The maximum absolute atomic E-state index is 5.86. The van der Waals surface area contributed by atoms with Gasteiger partial charge in [0.2, 0.25) is 0 Å². The second-order valence-corrected chi connectivity index (χ2v) is 7.08. The van der Waals surface area contributed by atoms with Crippen molar-refractivity contribution in [2.24, 2.45) is 5.41 Å². The normalized spacial score (nSPS) is 36.3. The third-order valence-electron chi connectivity index (χ3n) is 5.01. The Morgan fingerprint density at radius 1 is 1.32 bits per heavy atom. The Morgan fingerprint density at radius 2 is 2.11 bits per heavy atom. The summed E-state index contributed by atoms with van der Waals surface area (Å²) in [4.78, 5) is 2.70. The molecule has 19 heavy (non-hydrogen) atoms. The summed E-state index contributed by atoms with van der Waals surface area (Å²) in [7, 11) is 2.12. The van der Waals surface area contributed by atoms with E-state index in [0.29, 0.717) is 23.6 Å². The maximum atomic E-state index is 5.86. The second-order valence-electron chi connectivity index (χ2n) is 7.08. The molecule has 3 unspecified atom stereocenters. The van der Waals surface area contributed by atoms with Crippen molar-refractivity contribution in [3.63, 3.8) is 0 Å². The van der Waals surface area contributed by atoms with Crippen LogP contribution >= 0.6 is 0 Å². The van der Waals surface area contributed by atoms with Gasteiger partial charge >= 0.3 is 0 Å². The Hall–Kier alpha value is -0.120. The molecule has 1 heterocycles. The van der Waals surface area contributed by atoms with Gasteiger partial charge in [0.05, 0.1) is 6.10 Å². The van der Waals surface area contributed by atoms with Gasteiger partial charge in [0, 0.05) is 25.2 Å². The molecule has 1 saturated heterocycles. The fourth-order valence-corrected chi connectivity index (χ4v) is 3.91. The van der Waals surface area contributed by atoms with E-state index in [1.807, 2.05) is 0 Å². The minimum absolute atomic E-state index is 0.460. The zero-order chi connectivity index (χ0) is 13.9. The number of rotatable bonds is 4. The molecule has 0 aromatic heterocycles. The lowest BCUT2D eigenvalue weighted by Gasteiger charge is -2.48. The van der Waals surface area contributed by atoms with Crippen LogP contribution in [0.15, 0.2) is 0 Å². The molecule has 0 spiro atoms. The predicted molar refractivity (Wildman–Crippen MR) is 80.5 cm³/mol. The summed E-state index contributed by atoms with van der Waals surface area (Å²) in [5.41, 5.74) is 0.497. The first-order chi connectivity index (χ1) is 9.05. The molecule has 0 amide bonds. The van der Waals surface area contributed by atoms with Gasteiger partial charge in [-0.15, -0.1) is 0 Å². The number of nitrogens with zero attached hydrogens (tertiary/aromatic N) is 1. The van der Waals surface area contributed by atoms with Crippen molar-refractivity contribution < 1.29 is 4.74 Å². The molecular weight excluding hydrogens is 236 g/mol. The van der Waals surface area contributed by atoms with Gasteiger partial charge in [0.25, 0.3) is 0 Å². The van der Waals surface area contributed by atoms with Gasteiger partial charge in [0.1, 0.15) is 0 Å². The van der Waals surface area contributed by atoms with Crippen molar-refractivity contribution in [2.75, 3.05) is 26.7 Å². The summed E-state index contributed by atoms with van der Waals surface area (Å²) < 4.78 is 5.86. The number of likely N-dealkylation sites (tertiary alicyclic amines) is 1. The molecular formula is C16H32N2O. The van der Waals surface area contributed by atoms with Gasteiger partial charge in [-0.2, -0.15) is 0 Å². The molecule has 3 atom stereocenters. The van der Waals surface area contributed by atoms with Crippen LogP contribution in [0.3, 0.4) is 0 Å². The van der Waals surface area contributed by atoms with E-state index in [1.54, 1.807) is 0 Å². The van der Waals surface area contributed by atoms with Gasteiger partial charge < -0.3 is 10.1 Å². The number of hydrogen-bond donors (Lipinski definition) is 1. The minimum atomic E-state index is 0.460. The highest BCUT2D eigenvalue weighted by atomic mass is 16.5. The third kappa shape index (κ3) is 3.93. The molecule has 3 nitrogen and oxygen atoms in total. The van der Waals surface area contributed by atoms with Crippen LogP contribution in [0.25, 0.3) is 0 Å². The standard InChI is InChI=1S/C16H32N2O/c1-5-19-13-7-6-10-18(12-13)15-11-16(2,3)9-8-14(15)17-4/h13-15,17H,5-12H2,1-4H3. The van der Waals surface area contributed by atoms with Crippen molar-refractivity contribution in [2.45, 2.75) is 71.1 Å². The molecule has 2 fully saturated rings. The van der Waals surface area contributed by atoms with Crippen LogP contribution in [-0.4, -0.2) is 49.8 Å². The van der Waals surface area contributed by atoms with Gasteiger partial charge in [-0.1, -0.05) is 13.8 Å². The molecule has 0 bridgehead atoms. The third-order valence-corrected chi connectivity index (χ3v) is 5.01. The van der Waals surface area contributed by atoms with E-state index in [-0.39, 0.29) is 0 Å². The maximum Gasteiger partial charge on any atom is 0.0702 e. The van der Waals surface area contributed by atoms with Gasteiger partial charge in [0.15, 0.2) is 0 Å². The Balaban J connectivity index is 2.00. The molecule has 2 aliphatic rings. The topological polar surface area (TPSA) is 24.5 Å². The number of piperidine rings is 1. The minimum Gasteiger partial charge on any atom is -0.377 e. The van der Waals surface area contributed by atoms with Gasteiger partial charge in [-0.25, -0.2) is 0 Å². The molecule has 1 saturated carbocycles. The van der Waals surface area contributed by atoms with Crippen LogP contribution in [0.5, 0.6) is 0 Å². The largest absolute Gasteiger partial charge is 0.377 e. The quantitative estimate of drug-likeness (QED) is 0.848. The molecule has 0 aromatic rings. The van der Waals surface area contributed by atoms with Crippen molar-refractivity contribution in [1.29, 1.82) is 0 Å². The summed E-state index contributed by atoms with van der Waals surface area (Å²) >= 11 is 0. The van der Waals surface area contributed by atoms with Gasteiger partial charge in [-0.05, 0) is 58.0 Å². The highest BCUT2D eigenvalue weighted by molar-refractivity contribution is 4.95. The number of ether oxygens (including phenoxy) is 1. The highest BCUT2D eigenvalue weighted by Gasteiger charge is 2.38. The van der Waals surface area contributed by atoms with Crippen LogP contribution in [0, 0.1) is 5.41 Å². The molecule has 0 radical (unpaired) electrons. The molecule has 1 aliphatic carbocycles. The summed E-state index contributed by atoms with van der Waals surface area (Å²) in [6.07, 6.45) is 6.96. The van der Waals surface area contributed by atoms with E-state index in [2.05, 4.69) is 38.0 Å². The highest BCUT2D eigenvalue weighted by Crippen LogP contribution is 2.38. The Bertz CT molecular complexity index is 278. The van der Waals surface area contributed by atoms with Crippen LogP contribution < -0.4 is 5.32 Å². The predicted octanol–water partition coefficient (Wildman–Crippen LogP) is 2.65. The number of nitrogens with one attached hydrogen (secondary N) is 1. The van der Waals surface area contributed by atoms with E-state index < -0.39 is 0 Å². The monoisotopic (exact) mass is 268 g/mol. The summed E-state index contributed by atoms with van der Waals surface area (Å²) in [6.45, 7) is 10.2. The molecule has 1 N–H and O–H groups in total. The number of hydrogen-bond acceptors (Lipinski definition) is 3. The Morgan fingerprint density at radius 3 is 2.79 bits per heavy atom. The molecule has 2 rings (SSSR count). The first kappa shape index (κ1) is 15.3. The molecule has 3 heteroatoms. The fraction of sp³-hybridized carbons (Fsp3) is 1.00. The zero-order valence-corrected chi connectivity index (χ0v) is 13.2. The molecule has 112 valence electrons. The van der Waals surface area contributed by atoms with Crippen molar-refractivity contribution in [1.82, 2.24) is 10.2 Å². The van der Waals surface area contributed by atoms with E-state index in [9.17, 15) is 0 Å². The zero-order valence-electron chi connectivity index (χ0n) is 13.2. The average Bonchev–Trinajstić information content (AvgIpc) is 2.38. The van der Waals surface area contributed by atoms with Crippen molar-refractivity contribution in [3.8, 4) is 0 Å². The van der Waals surface area contributed by atoms with E-state index in [0.717, 1.165) is 13.2 Å². The smallest absolute Gasteiger partial charge is 0.0702 e. The summed E-state index contributed by atoms with van der Waals surface area (Å²) in [5, 5.41) is 3.55. The van der Waals surface area contributed by atoms with E-state index in [1.165, 1.54) is 38.6 Å². The van der Waals surface area contributed by atoms with Crippen LogP contribution in [-0.2, 0) is 4.74 Å². The lowest BCUT2D eigenvalue weighted by molar-refractivity contribution is -0.0284. The van der Waals surface area contributed by atoms with Crippen molar-refractivity contribution in [3.05, 3.63) is 0 Å². The van der Waals surface area contributed by atoms with E-state index >= 15 is 0 Å². The lowest BCUT2D eigenvalue weighted by atomic mass is 9.72. The second kappa shape index (κ2) is 6.55. The summed E-state index contributed by atoms with van der Waals surface area (Å²) in [6, 6.07) is 1.35. The molecule has 0 aromatic carbocycles. The summed E-state index contributed by atoms with van der Waals surface area (Å²) in [5.74, 6) is 0. The molecule has 1 aliphatic heterocycles.